The Morgan fingerprint density at radius 1 is 1.21 bits per heavy atom. The SMILES string of the molecule is CC(C)NC(=O)C[C@H](C)N[C@@H]1CN(C(C)C)C[C@@H]1C. The van der Waals surface area contributed by atoms with Gasteiger partial charge in [-0.3, -0.25) is 9.69 Å². The Labute approximate surface area is 118 Å². The quantitative estimate of drug-likeness (QED) is 0.770. The van der Waals surface area contributed by atoms with E-state index in [9.17, 15) is 4.79 Å². The average Bonchev–Trinajstić information content (AvgIpc) is 2.58. The minimum Gasteiger partial charge on any atom is -0.354 e. The molecule has 19 heavy (non-hydrogen) atoms. The van der Waals surface area contributed by atoms with E-state index < -0.39 is 0 Å². The highest BCUT2D eigenvalue weighted by Gasteiger charge is 2.31. The first-order chi connectivity index (χ1) is 8.79. The minimum absolute atomic E-state index is 0.140. The molecule has 1 fully saturated rings. The molecule has 1 heterocycles. The maximum absolute atomic E-state index is 11.7. The van der Waals surface area contributed by atoms with Crippen LogP contribution in [0.1, 0.15) is 48.0 Å². The number of hydrogen-bond acceptors (Lipinski definition) is 3. The van der Waals surface area contributed by atoms with Crippen LogP contribution in [0.25, 0.3) is 0 Å². The molecule has 0 spiro atoms. The lowest BCUT2D eigenvalue weighted by Crippen LogP contribution is -2.44. The molecule has 0 aliphatic carbocycles. The van der Waals surface area contributed by atoms with Crippen molar-refractivity contribution < 1.29 is 4.79 Å². The largest absolute Gasteiger partial charge is 0.354 e. The van der Waals surface area contributed by atoms with Crippen LogP contribution in [0.3, 0.4) is 0 Å². The lowest BCUT2D eigenvalue weighted by Gasteiger charge is -2.23. The molecule has 4 nitrogen and oxygen atoms in total. The summed E-state index contributed by atoms with van der Waals surface area (Å²) in [5.74, 6) is 0.791. The van der Waals surface area contributed by atoms with Gasteiger partial charge in [0.1, 0.15) is 0 Å². The molecule has 1 aliphatic rings. The van der Waals surface area contributed by atoms with Gasteiger partial charge in [-0.1, -0.05) is 6.92 Å². The second-order valence-corrected chi connectivity index (χ2v) is 6.63. The molecule has 112 valence electrons. The topological polar surface area (TPSA) is 44.4 Å². The van der Waals surface area contributed by atoms with Gasteiger partial charge in [-0.2, -0.15) is 0 Å². The van der Waals surface area contributed by atoms with Crippen molar-refractivity contribution in [2.75, 3.05) is 13.1 Å². The summed E-state index contributed by atoms with van der Waals surface area (Å²) < 4.78 is 0. The van der Waals surface area contributed by atoms with Gasteiger partial charge in [-0.05, 0) is 40.5 Å². The third-order valence-corrected chi connectivity index (χ3v) is 3.81. The summed E-state index contributed by atoms with van der Waals surface area (Å²) in [7, 11) is 0. The molecule has 1 rings (SSSR count). The first-order valence-corrected chi connectivity index (χ1v) is 7.59. The smallest absolute Gasteiger partial charge is 0.221 e. The molecule has 0 unspecified atom stereocenters. The highest BCUT2D eigenvalue weighted by Crippen LogP contribution is 2.19. The first-order valence-electron chi connectivity index (χ1n) is 7.59. The van der Waals surface area contributed by atoms with Crippen LogP contribution in [-0.4, -0.2) is 48.1 Å². The van der Waals surface area contributed by atoms with Crippen molar-refractivity contribution in [2.45, 2.75) is 72.1 Å². The molecule has 1 amide bonds. The molecule has 0 aromatic carbocycles. The maximum atomic E-state index is 11.7. The molecular formula is C15H31N3O. The summed E-state index contributed by atoms with van der Waals surface area (Å²) in [5.41, 5.74) is 0. The Morgan fingerprint density at radius 3 is 2.32 bits per heavy atom. The zero-order chi connectivity index (χ0) is 14.6. The molecule has 0 bridgehead atoms. The molecule has 0 aromatic heterocycles. The van der Waals surface area contributed by atoms with E-state index in [1.165, 1.54) is 0 Å². The zero-order valence-electron chi connectivity index (χ0n) is 13.4. The van der Waals surface area contributed by atoms with E-state index in [-0.39, 0.29) is 18.0 Å². The average molecular weight is 269 g/mol. The third kappa shape index (κ3) is 5.49. The summed E-state index contributed by atoms with van der Waals surface area (Å²) in [6, 6.07) is 1.57. The molecular weight excluding hydrogens is 238 g/mol. The van der Waals surface area contributed by atoms with Gasteiger partial charge >= 0.3 is 0 Å². The van der Waals surface area contributed by atoms with Gasteiger partial charge in [0, 0.05) is 43.7 Å². The molecule has 4 heteroatoms. The predicted octanol–water partition coefficient (Wildman–Crippen LogP) is 1.61. The number of carbonyl (C=O) groups excluding carboxylic acids is 1. The second-order valence-electron chi connectivity index (χ2n) is 6.63. The lowest BCUT2D eigenvalue weighted by atomic mass is 10.0. The van der Waals surface area contributed by atoms with E-state index in [0.717, 1.165) is 13.1 Å². The van der Waals surface area contributed by atoms with Crippen molar-refractivity contribution in [2.24, 2.45) is 5.92 Å². The number of carbonyl (C=O) groups is 1. The van der Waals surface area contributed by atoms with E-state index in [0.29, 0.717) is 24.4 Å². The van der Waals surface area contributed by atoms with Gasteiger partial charge in [0.25, 0.3) is 0 Å². The van der Waals surface area contributed by atoms with Crippen LogP contribution in [-0.2, 0) is 4.79 Å². The monoisotopic (exact) mass is 269 g/mol. The van der Waals surface area contributed by atoms with E-state index in [1.54, 1.807) is 0 Å². The standard InChI is InChI=1S/C15H31N3O/c1-10(2)16-15(19)7-13(6)17-14-9-18(11(3)4)8-12(14)5/h10-14,17H,7-9H2,1-6H3,(H,16,19)/t12-,13-,14+/m0/s1. The van der Waals surface area contributed by atoms with E-state index in [2.05, 4.69) is 43.2 Å². The summed E-state index contributed by atoms with van der Waals surface area (Å²) >= 11 is 0. The molecule has 0 radical (unpaired) electrons. The number of amides is 1. The molecule has 1 aliphatic heterocycles. The molecule has 0 saturated carbocycles. The fourth-order valence-corrected chi connectivity index (χ4v) is 2.73. The van der Waals surface area contributed by atoms with Crippen LogP contribution in [0.4, 0.5) is 0 Å². The number of hydrogen-bond donors (Lipinski definition) is 2. The number of nitrogens with one attached hydrogen (secondary N) is 2. The molecule has 2 N–H and O–H groups in total. The summed E-state index contributed by atoms with van der Waals surface area (Å²) in [4.78, 5) is 14.2. The van der Waals surface area contributed by atoms with Crippen molar-refractivity contribution in [1.29, 1.82) is 0 Å². The molecule has 1 saturated heterocycles. The number of rotatable bonds is 6. The van der Waals surface area contributed by atoms with Gasteiger partial charge in [0.2, 0.25) is 5.91 Å². The third-order valence-electron chi connectivity index (χ3n) is 3.81. The van der Waals surface area contributed by atoms with Crippen LogP contribution in [0.5, 0.6) is 0 Å². The van der Waals surface area contributed by atoms with Crippen LogP contribution in [0.2, 0.25) is 0 Å². The lowest BCUT2D eigenvalue weighted by molar-refractivity contribution is -0.122. The highest BCUT2D eigenvalue weighted by atomic mass is 16.1. The van der Waals surface area contributed by atoms with Gasteiger partial charge in [0.15, 0.2) is 0 Å². The predicted molar refractivity (Wildman–Crippen MR) is 80.2 cm³/mol. The molecule has 0 aromatic rings. The highest BCUT2D eigenvalue weighted by molar-refractivity contribution is 5.76. The summed E-state index contributed by atoms with van der Waals surface area (Å²) in [5, 5.41) is 6.56. The van der Waals surface area contributed by atoms with E-state index >= 15 is 0 Å². The Morgan fingerprint density at radius 2 is 1.84 bits per heavy atom. The van der Waals surface area contributed by atoms with Crippen LogP contribution in [0.15, 0.2) is 0 Å². The van der Waals surface area contributed by atoms with Crippen molar-refractivity contribution >= 4 is 5.91 Å². The number of nitrogens with zero attached hydrogens (tertiary/aromatic N) is 1. The van der Waals surface area contributed by atoms with Gasteiger partial charge in [0.05, 0.1) is 0 Å². The fourth-order valence-electron chi connectivity index (χ4n) is 2.73. The van der Waals surface area contributed by atoms with Crippen molar-refractivity contribution in [3.05, 3.63) is 0 Å². The maximum Gasteiger partial charge on any atom is 0.221 e. The van der Waals surface area contributed by atoms with Crippen LogP contribution in [0, 0.1) is 5.92 Å². The zero-order valence-corrected chi connectivity index (χ0v) is 13.4. The van der Waals surface area contributed by atoms with Crippen molar-refractivity contribution in [1.82, 2.24) is 15.5 Å². The summed E-state index contributed by atoms with van der Waals surface area (Å²) in [6.07, 6.45) is 0.559. The summed E-state index contributed by atoms with van der Waals surface area (Å²) in [6.45, 7) is 15.1. The van der Waals surface area contributed by atoms with Crippen molar-refractivity contribution in [3.8, 4) is 0 Å². The Bertz CT molecular complexity index is 291. The van der Waals surface area contributed by atoms with Crippen molar-refractivity contribution in [3.63, 3.8) is 0 Å². The normalized spacial score (nSPS) is 26.1. The van der Waals surface area contributed by atoms with Gasteiger partial charge in [-0.15, -0.1) is 0 Å². The fraction of sp³-hybridized carbons (Fsp3) is 0.933. The Kier molecular flexibility index (Phi) is 6.27. The van der Waals surface area contributed by atoms with E-state index in [4.69, 9.17) is 0 Å². The Hall–Kier alpha value is -0.610. The van der Waals surface area contributed by atoms with Gasteiger partial charge < -0.3 is 10.6 Å². The van der Waals surface area contributed by atoms with Crippen LogP contribution < -0.4 is 10.6 Å². The second kappa shape index (κ2) is 7.25. The van der Waals surface area contributed by atoms with Crippen LogP contribution >= 0.6 is 0 Å². The molecule has 3 atom stereocenters. The minimum atomic E-state index is 0.140. The Balaban J connectivity index is 2.36. The van der Waals surface area contributed by atoms with Gasteiger partial charge in [-0.25, -0.2) is 0 Å². The number of likely N-dealkylation sites (tertiary alicyclic amines) is 1. The first kappa shape index (κ1) is 16.4. The van der Waals surface area contributed by atoms with E-state index in [1.807, 2.05) is 13.8 Å².